The van der Waals surface area contributed by atoms with E-state index in [-0.39, 0.29) is 35.7 Å². The molecular formula is C38H45N3O4S. The van der Waals surface area contributed by atoms with Gasteiger partial charge in [0.1, 0.15) is 12.6 Å². The molecule has 242 valence electrons. The second kappa shape index (κ2) is 15.7. The SMILES string of the molecule is CC[C@@H](C)NC(=O)[C@@H](Cc1ccccc1)N(Cc1cccc(C)c1)C(=O)CN(c1ccc(C(C)C)cc1)S(=O)(=O)c1ccccc1. The Balaban J connectivity index is 1.81. The van der Waals surface area contributed by atoms with Gasteiger partial charge in [0.25, 0.3) is 10.0 Å². The lowest BCUT2D eigenvalue weighted by atomic mass is 10.0. The van der Waals surface area contributed by atoms with Crippen LogP contribution in [0.15, 0.2) is 114 Å². The largest absolute Gasteiger partial charge is 0.352 e. The van der Waals surface area contributed by atoms with Gasteiger partial charge in [0.15, 0.2) is 0 Å². The molecule has 0 unspecified atom stereocenters. The van der Waals surface area contributed by atoms with Crippen molar-refractivity contribution in [3.05, 3.63) is 131 Å². The van der Waals surface area contributed by atoms with Crippen molar-refractivity contribution in [3.8, 4) is 0 Å². The van der Waals surface area contributed by atoms with Crippen LogP contribution < -0.4 is 9.62 Å². The van der Waals surface area contributed by atoms with Crippen molar-refractivity contribution in [3.63, 3.8) is 0 Å². The fourth-order valence-corrected chi connectivity index (χ4v) is 6.71. The first-order valence-electron chi connectivity index (χ1n) is 15.9. The van der Waals surface area contributed by atoms with Crippen LogP contribution >= 0.6 is 0 Å². The van der Waals surface area contributed by atoms with Crippen LogP contribution in [0.4, 0.5) is 5.69 Å². The van der Waals surface area contributed by atoms with Crippen LogP contribution in [0.3, 0.4) is 0 Å². The quantitative estimate of drug-likeness (QED) is 0.163. The van der Waals surface area contributed by atoms with Crippen LogP contribution in [0, 0.1) is 6.92 Å². The minimum atomic E-state index is -4.14. The maximum absolute atomic E-state index is 14.6. The molecule has 46 heavy (non-hydrogen) atoms. The van der Waals surface area contributed by atoms with E-state index in [1.807, 2.05) is 87.5 Å². The van der Waals surface area contributed by atoms with Crippen molar-refractivity contribution in [1.82, 2.24) is 10.2 Å². The molecule has 4 aromatic rings. The summed E-state index contributed by atoms with van der Waals surface area (Å²) in [7, 11) is -4.14. The fraction of sp³-hybridized carbons (Fsp3) is 0.316. The highest BCUT2D eigenvalue weighted by molar-refractivity contribution is 7.92. The van der Waals surface area contributed by atoms with E-state index >= 15 is 0 Å². The highest BCUT2D eigenvalue weighted by Gasteiger charge is 2.35. The third-order valence-electron chi connectivity index (χ3n) is 8.17. The Hall–Kier alpha value is -4.43. The third-order valence-corrected chi connectivity index (χ3v) is 9.95. The molecule has 0 aliphatic heterocycles. The van der Waals surface area contributed by atoms with E-state index in [9.17, 15) is 18.0 Å². The number of aryl methyl sites for hydroxylation is 1. The lowest BCUT2D eigenvalue weighted by Gasteiger charge is -2.34. The molecule has 0 bridgehead atoms. The molecule has 0 radical (unpaired) electrons. The normalized spacial score (nSPS) is 12.7. The van der Waals surface area contributed by atoms with Gasteiger partial charge in [-0.2, -0.15) is 0 Å². The second-order valence-electron chi connectivity index (χ2n) is 12.1. The van der Waals surface area contributed by atoms with Crippen molar-refractivity contribution >= 4 is 27.5 Å². The lowest BCUT2D eigenvalue weighted by molar-refractivity contribution is -0.140. The second-order valence-corrected chi connectivity index (χ2v) is 14.0. The monoisotopic (exact) mass is 639 g/mol. The zero-order valence-corrected chi connectivity index (χ0v) is 28.2. The predicted molar refractivity (Wildman–Crippen MR) is 185 cm³/mol. The summed E-state index contributed by atoms with van der Waals surface area (Å²) < 4.78 is 29.5. The minimum Gasteiger partial charge on any atom is -0.352 e. The number of rotatable bonds is 14. The maximum atomic E-state index is 14.6. The van der Waals surface area contributed by atoms with Crippen molar-refractivity contribution < 1.29 is 18.0 Å². The highest BCUT2D eigenvalue weighted by Crippen LogP contribution is 2.27. The van der Waals surface area contributed by atoms with Crippen molar-refractivity contribution in [2.75, 3.05) is 10.8 Å². The Kier molecular flexibility index (Phi) is 11.8. The van der Waals surface area contributed by atoms with E-state index in [1.54, 1.807) is 30.3 Å². The van der Waals surface area contributed by atoms with E-state index in [1.165, 1.54) is 17.0 Å². The van der Waals surface area contributed by atoms with Crippen LogP contribution in [0.5, 0.6) is 0 Å². The lowest BCUT2D eigenvalue weighted by Crippen LogP contribution is -2.54. The van der Waals surface area contributed by atoms with Crippen molar-refractivity contribution in [1.29, 1.82) is 0 Å². The van der Waals surface area contributed by atoms with Crippen LogP contribution in [-0.2, 0) is 32.6 Å². The van der Waals surface area contributed by atoms with Gasteiger partial charge < -0.3 is 10.2 Å². The fourth-order valence-electron chi connectivity index (χ4n) is 5.28. The molecule has 1 N–H and O–H groups in total. The summed E-state index contributed by atoms with van der Waals surface area (Å²) in [4.78, 5) is 30.2. The van der Waals surface area contributed by atoms with Crippen molar-refractivity contribution in [2.24, 2.45) is 0 Å². The number of carbonyl (C=O) groups excluding carboxylic acids is 2. The number of hydrogen-bond donors (Lipinski definition) is 1. The summed E-state index contributed by atoms with van der Waals surface area (Å²) in [6.07, 6.45) is 1.00. The predicted octanol–water partition coefficient (Wildman–Crippen LogP) is 6.87. The summed E-state index contributed by atoms with van der Waals surface area (Å²) in [6, 6.07) is 31.8. The van der Waals surface area contributed by atoms with Gasteiger partial charge in [-0.1, -0.05) is 111 Å². The number of sulfonamides is 1. The molecule has 0 fully saturated rings. The van der Waals surface area contributed by atoms with E-state index in [2.05, 4.69) is 19.2 Å². The van der Waals surface area contributed by atoms with Gasteiger partial charge >= 0.3 is 0 Å². The number of carbonyl (C=O) groups is 2. The average molecular weight is 640 g/mol. The van der Waals surface area contributed by atoms with E-state index < -0.39 is 28.5 Å². The topological polar surface area (TPSA) is 86.8 Å². The molecule has 0 saturated carbocycles. The Morgan fingerprint density at radius 2 is 1.39 bits per heavy atom. The number of hydrogen-bond acceptors (Lipinski definition) is 4. The summed E-state index contributed by atoms with van der Waals surface area (Å²) in [5, 5.41) is 3.08. The van der Waals surface area contributed by atoms with E-state index in [4.69, 9.17) is 0 Å². The van der Waals surface area contributed by atoms with Crippen LogP contribution in [0.25, 0.3) is 0 Å². The molecule has 0 heterocycles. The van der Waals surface area contributed by atoms with Crippen LogP contribution in [-0.4, -0.2) is 43.8 Å². The molecule has 0 aromatic heterocycles. The molecule has 8 heteroatoms. The first kappa shape index (κ1) is 34.4. The standard InChI is InChI=1S/C38H45N3O4S/c1-6-30(5)39-38(43)36(25-31-15-9-7-10-16-31)40(26-32-17-13-14-29(4)24-32)37(42)27-41(34-22-20-33(21-23-34)28(2)3)46(44,45)35-18-11-8-12-19-35/h7-24,28,30,36H,6,25-27H2,1-5H3,(H,39,43)/t30-,36-/m1/s1. The zero-order valence-electron chi connectivity index (χ0n) is 27.4. The first-order chi connectivity index (χ1) is 22.0. The average Bonchev–Trinajstić information content (AvgIpc) is 3.05. The minimum absolute atomic E-state index is 0.0799. The molecule has 7 nitrogen and oxygen atoms in total. The number of nitrogens with one attached hydrogen (secondary N) is 1. The molecule has 0 aliphatic carbocycles. The summed E-state index contributed by atoms with van der Waals surface area (Å²) in [6.45, 7) is 9.68. The molecular weight excluding hydrogens is 595 g/mol. The number of benzene rings is 4. The number of nitrogens with zero attached hydrogens (tertiary/aromatic N) is 2. The molecule has 2 amide bonds. The van der Waals surface area contributed by atoms with Gasteiger partial charge in [-0.15, -0.1) is 0 Å². The van der Waals surface area contributed by atoms with Crippen molar-refractivity contribution in [2.45, 2.75) is 76.9 Å². The van der Waals surface area contributed by atoms with E-state index in [0.29, 0.717) is 5.69 Å². The first-order valence-corrected chi connectivity index (χ1v) is 17.3. The smallest absolute Gasteiger partial charge is 0.264 e. The van der Waals surface area contributed by atoms with Gasteiger partial charge in [-0.25, -0.2) is 8.42 Å². The van der Waals surface area contributed by atoms with Gasteiger partial charge in [0.2, 0.25) is 11.8 Å². The molecule has 0 spiro atoms. The molecule has 0 aliphatic rings. The molecule has 4 rings (SSSR count). The van der Waals surface area contributed by atoms with Gasteiger partial charge in [-0.05, 0) is 67.1 Å². The summed E-state index contributed by atoms with van der Waals surface area (Å²) in [5.41, 5.74) is 4.19. The highest BCUT2D eigenvalue weighted by atomic mass is 32.2. The third kappa shape index (κ3) is 8.85. The Bertz CT molecular complexity index is 1690. The molecule has 2 atom stereocenters. The maximum Gasteiger partial charge on any atom is 0.264 e. The number of amides is 2. The van der Waals surface area contributed by atoms with Crippen LogP contribution in [0.2, 0.25) is 0 Å². The summed E-state index contributed by atoms with van der Waals surface area (Å²) in [5.74, 6) is -0.505. The van der Waals surface area contributed by atoms with E-state index in [0.717, 1.165) is 33.0 Å². The van der Waals surface area contributed by atoms with Crippen LogP contribution in [0.1, 0.15) is 62.3 Å². The van der Waals surface area contributed by atoms with Gasteiger partial charge in [-0.3, -0.25) is 13.9 Å². The molecule has 0 saturated heterocycles. The Morgan fingerprint density at radius 3 is 1.98 bits per heavy atom. The Morgan fingerprint density at radius 1 is 0.783 bits per heavy atom. The van der Waals surface area contributed by atoms with Gasteiger partial charge in [0, 0.05) is 19.0 Å². The Labute approximate surface area is 274 Å². The summed E-state index contributed by atoms with van der Waals surface area (Å²) >= 11 is 0. The van der Waals surface area contributed by atoms with Gasteiger partial charge in [0.05, 0.1) is 10.6 Å². The number of anilines is 1. The molecule has 4 aromatic carbocycles. The zero-order chi connectivity index (χ0) is 33.3.